The molecule has 0 saturated heterocycles. The number of nitrogens with zero attached hydrogens (tertiary/aromatic N) is 5. The SMILES string of the molecule is CCn1c(=O)c2c(n3nc(Cn4cccc4)nc13)NC(C1CCCC1)N2. The van der Waals surface area contributed by atoms with Crippen LogP contribution in [-0.2, 0) is 13.1 Å². The Morgan fingerprint density at radius 1 is 1.19 bits per heavy atom. The molecule has 8 heteroatoms. The first-order valence-corrected chi connectivity index (χ1v) is 9.41. The number of aromatic nitrogens is 5. The lowest BCUT2D eigenvalue weighted by Crippen LogP contribution is -2.31. The smallest absolute Gasteiger partial charge is 0.280 e. The summed E-state index contributed by atoms with van der Waals surface area (Å²) >= 11 is 0. The molecular formula is C18H23N7O. The number of rotatable bonds is 4. The van der Waals surface area contributed by atoms with Crippen LogP contribution in [-0.4, -0.2) is 29.9 Å². The van der Waals surface area contributed by atoms with Gasteiger partial charge in [-0.05, 0) is 37.8 Å². The summed E-state index contributed by atoms with van der Waals surface area (Å²) in [6.07, 6.45) is 8.99. The Kier molecular flexibility index (Phi) is 3.51. The third-order valence-electron chi connectivity index (χ3n) is 5.55. The van der Waals surface area contributed by atoms with E-state index in [1.165, 1.54) is 25.7 Å². The summed E-state index contributed by atoms with van der Waals surface area (Å²) < 4.78 is 5.51. The Bertz CT molecular complexity index is 995. The highest BCUT2D eigenvalue weighted by Gasteiger charge is 2.34. The molecule has 1 saturated carbocycles. The van der Waals surface area contributed by atoms with Gasteiger partial charge in [0.1, 0.15) is 11.9 Å². The molecule has 2 N–H and O–H groups in total. The second-order valence-corrected chi connectivity index (χ2v) is 7.18. The van der Waals surface area contributed by atoms with Crippen molar-refractivity contribution in [2.24, 2.45) is 5.92 Å². The number of nitrogens with one attached hydrogen (secondary N) is 2. The minimum atomic E-state index is -0.0251. The summed E-state index contributed by atoms with van der Waals surface area (Å²) in [6.45, 7) is 3.11. The molecule has 0 radical (unpaired) electrons. The van der Waals surface area contributed by atoms with Crippen molar-refractivity contribution < 1.29 is 0 Å². The highest BCUT2D eigenvalue weighted by atomic mass is 16.1. The molecule has 0 aromatic carbocycles. The van der Waals surface area contributed by atoms with Gasteiger partial charge in [0.25, 0.3) is 5.56 Å². The zero-order chi connectivity index (χ0) is 17.7. The first kappa shape index (κ1) is 15.5. The van der Waals surface area contributed by atoms with E-state index in [1.54, 1.807) is 9.08 Å². The summed E-state index contributed by atoms with van der Waals surface area (Å²) in [7, 11) is 0. The van der Waals surface area contributed by atoms with E-state index in [1.807, 2.05) is 36.0 Å². The Balaban J connectivity index is 1.59. The second kappa shape index (κ2) is 5.89. The first-order valence-electron chi connectivity index (χ1n) is 9.41. The fourth-order valence-electron chi connectivity index (χ4n) is 4.22. The van der Waals surface area contributed by atoms with Crippen LogP contribution in [0.15, 0.2) is 29.3 Å². The van der Waals surface area contributed by atoms with Crippen molar-refractivity contribution >= 4 is 17.3 Å². The summed E-state index contributed by atoms with van der Waals surface area (Å²) in [4.78, 5) is 17.6. The van der Waals surface area contributed by atoms with Gasteiger partial charge in [0.2, 0.25) is 5.78 Å². The van der Waals surface area contributed by atoms with Crippen molar-refractivity contribution in [3.05, 3.63) is 40.7 Å². The van der Waals surface area contributed by atoms with Crippen LogP contribution in [0.3, 0.4) is 0 Å². The van der Waals surface area contributed by atoms with Gasteiger partial charge in [-0.3, -0.25) is 9.36 Å². The Morgan fingerprint density at radius 2 is 1.96 bits per heavy atom. The molecule has 1 atom stereocenters. The van der Waals surface area contributed by atoms with Gasteiger partial charge in [-0.1, -0.05) is 12.8 Å². The molecule has 1 fully saturated rings. The Labute approximate surface area is 150 Å². The monoisotopic (exact) mass is 353 g/mol. The summed E-state index contributed by atoms with van der Waals surface area (Å²) in [5.41, 5.74) is 0.594. The molecular weight excluding hydrogens is 330 g/mol. The number of hydrogen-bond acceptors (Lipinski definition) is 5. The van der Waals surface area contributed by atoms with E-state index < -0.39 is 0 Å². The predicted molar refractivity (Wildman–Crippen MR) is 99.4 cm³/mol. The normalized spacial score (nSPS) is 19.7. The fraction of sp³-hybridized carbons (Fsp3) is 0.500. The fourth-order valence-corrected chi connectivity index (χ4v) is 4.22. The average molecular weight is 353 g/mol. The first-order chi connectivity index (χ1) is 12.7. The average Bonchev–Trinajstić information content (AvgIpc) is 3.41. The maximum Gasteiger partial charge on any atom is 0.280 e. The predicted octanol–water partition coefficient (Wildman–Crippen LogP) is 2.11. The van der Waals surface area contributed by atoms with Gasteiger partial charge in [0, 0.05) is 18.9 Å². The van der Waals surface area contributed by atoms with Crippen molar-refractivity contribution in [3.8, 4) is 0 Å². The van der Waals surface area contributed by atoms with Gasteiger partial charge < -0.3 is 15.2 Å². The van der Waals surface area contributed by atoms with Gasteiger partial charge in [0.15, 0.2) is 11.6 Å². The zero-order valence-electron chi connectivity index (χ0n) is 14.9. The highest BCUT2D eigenvalue weighted by Crippen LogP contribution is 2.35. The highest BCUT2D eigenvalue weighted by molar-refractivity contribution is 5.72. The van der Waals surface area contributed by atoms with Crippen molar-refractivity contribution in [1.82, 2.24) is 23.7 Å². The van der Waals surface area contributed by atoms with Crippen LogP contribution >= 0.6 is 0 Å². The molecule has 1 aliphatic heterocycles. The van der Waals surface area contributed by atoms with E-state index in [2.05, 4.69) is 15.6 Å². The Morgan fingerprint density at radius 3 is 2.69 bits per heavy atom. The van der Waals surface area contributed by atoms with Crippen LogP contribution in [0.1, 0.15) is 38.4 Å². The van der Waals surface area contributed by atoms with Crippen molar-refractivity contribution in [2.45, 2.75) is 51.9 Å². The molecule has 1 aliphatic carbocycles. The summed E-state index contributed by atoms with van der Waals surface area (Å²) in [5.74, 6) is 2.59. The van der Waals surface area contributed by atoms with E-state index in [0.717, 1.165) is 5.82 Å². The van der Waals surface area contributed by atoms with Gasteiger partial charge in [-0.2, -0.15) is 9.50 Å². The van der Waals surface area contributed by atoms with Crippen LogP contribution in [0, 0.1) is 5.92 Å². The molecule has 8 nitrogen and oxygen atoms in total. The van der Waals surface area contributed by atoms with E-state index in [0.29, 0.717) is 36.3 Å². The molecule has 1 unspecified atom stereocenters. The third-order valence-corrected chi connectivity index (χ3v) is 5.55. The Hall–Kier alpha value is -2.77. The van der Waals surface area contributed by atoms with Gasteiger partial charge in [-0.15, -0.1) is 5.10 Å². The minimum absolute atomic E-state index is 0.0251. The van der Waals surface area contributed by atoms with E-state index in [4.69, 9.17) is 5.10 Å². The molecule has 26 heavy (non-hydrogen) atoms. The van der Waals surface area contributed by atoms with Crippen LogP contribution in [0.5, 0.6) is 0 Å². The van der Waals surface area contributed by atoms with Crippen molar-refractivity contribution in [3.63, 3.8) is 0 Å². The molecule has 2 aliphatic rings. The maximum atomic E-state index is 13.0. The van der Waals surface area contributed by atoms with E-state index >= 15 is 0 Å². The molecule has 0 amide bonds. The molecule has 3 aromatic rings. The molecule has 0 bridgehead atoms. The molecule has 136 valence electrons. The van der Waals surface area contributed by atoms with Gasteiger partial charge in [0.05, 0.1) is 6.54 Å². The van der Waals surface area contributed by atoms with Crippen molar-refractivity contribution in [1.29, 1.82) is 0 Å². The van der Waals surface area contributed by atoms with Gasteiger partial charge in [-0.25, -0.2) is 0 Å². The number of hydrogen-bond donors (Lipinski definition) is 2. The lowest BCUT2D eigenvalue weighted by molar-refractivity contribution is 0.497. The van der Waals surface area contributed by atoms with Gasteiger partial charge >= 0.3 is 0 Å². The molecule has 0 spiro atoms. The van der Waals surface area contributed by atoms with Crippen LogP contribution in [0.2, 0.25) is 0 Å². The lowest BCUT2D eigenvalue weighted by Gasteiger charge is -2.18. The van der Waals surface area contributed by atoms with Crippen molar-refractivity contribution in [2.75, 3.05) is 10.6 Å². The van der Waals surface area contributed by atoms with Crippen LogP contribution in [0.4, 0.5) is 11.5 Å². The molecule has 3 aromatic heterocycles. The zero-order valence-corrected chi connectivity index (χ0v) is 14.9. The number of fused-ring (bicyclic) bond motifs is 3. The largest absolute Gasteiger partial charge is 0.358 e. The van der Waals surface area contributed by atoms with E-state index in [9.17, 15) is 4.79 Å². The standard InChI is InChI=1S/C18H23N7O/c1-2-24-17(26)14-16(21-15(20-14)12-7-3-4-8-12)25-18(24)19-13(22-25)11-23-9-5-6-10-23/h5-6,9-10,12,15,20-21H,2-4,7-8,11H2,1H3. The number of anilines is 2. The molecule has 5 rings (SSSR count). The topological polar surface area (TPSA) is 81.2 Å². The number of aryl methyl sites for hydroxylation is 1. The minimum Gasteiger partial charge on any atom is -0.358 e. The third kappa shape index (κ3) is 2.32. The summed E-state index contributed by atoms with van der Waals surface area (Å²) in [5, 5.41) is 11.6. The van der Waals surface area contributed by atoms with E-state index in [-0.39, 0.29) is 11.7 Å². The quantitative estimate of drug-likeness (QED) is 0.751. The summed E-state index contributed by atoms with van der Waals surface area (Å²) in [6, 6.07) is 3.96. The van der Waals surface area contributed by atoms with Crippen LogP contribution in [0.25, 0.3) is 5.78 Å². The molecule has 4 heterocycles. The van der Waals surface area contributed by atoms with Crippen LogP contribution < -0.4 is 16.2 Å². The maximum absolute atomic E-state index is 13.0. The lowest BCUT2D eigenvalue weighted by atomic mass is 10.1. The second-order valence-electron chi connectivity index (χ2n) is 7.18.